The SMILES string of the molecule is CC.CN(C)C1CCC(=O)C1. The third kappa shape index (κ3) is 3.51. The van der Waals surface area contributed by atoms with Gasteiger partial charge in [-0.25, -0.2) is 0 Å². The van der Waals surface area contributed by atoms with E-state index in [1.807, 2.05) is 27.9 Å². The minimum atomic E-state index is 0.425. The van der Waals surface area contributed by atoms with Crippen LogP contribution in [0.15, 0.2) is 0 Å². The highest BCUT2D eigenvalue weighted by atomic mass is 16.1. The standard InChI is InChI=1S/C7H13NO.C2H6/c1-8(2)6-3-4-7(9)5-6;1-2/h6H,3-5H2,1-2H3;1-2H3. The van der Waals surface area contributed by atoms with Crippen molar-refractivity contribution in [3.05, 3.63) is 0 Å². The number of hydrogen-bond acceptors (Lipinski definition) is 2. The van der Waals surface area contributed by atoms with Gasteiger partial charge in [0.05, 0.1) is 0 Å². The molecule has 0 amide bonds. The van der Waals surface area contributed by atoms with Gasteiger partial charge >= 0.3 is 0 Å². The number of carbonyl (C=O) groups is 1. The Hall–Kier alpha value is -0.370. The summed E-state index contributed by atoms with van der Waals surface area (Å²) in [7, 11) is 4.06. The Morgan fingerprint density at radius 3 is 2.09 bits per heavy atom. The predicted octanol–water partition coefficient (Wildman–Crippen LogP) is 1.70. The van der Waals surface area contributed by atoms with E-state index >= 15 is 0 Å². The van der Waals surface area contributed by atoms with Gasteiger partial charge in [-0.3, -0.25) is 4.79 Å². The predicted molar refractivity (Wildman–Crippen MR) is 47.7 cm³/mol. The topological polar surface area (TPSA) is 20.3 Å². The van der Waals surface area contributed by atoms with Gasteiger partial charge in [-0.2, -0.15) is 0 Å². The fourth-order valence-corrected chi connectivity index (χ4v) is 1.24. The molecule has 66 valence electrons. The van der Waals surface area contributed by atoms with Gasteiger partial charge in [0.15, 0.2) is 0 Å². The first-order valence-corrected chi connectivity index (χ1v) is 4.38. The minimum Gasteiger partial charge on any atom is -0.306 e. The van der Waals surface area contributed by atoms with Gasteiger partial charge in [-0.15, -0.1) is 0 Å². The number of hydrogen-bond donors (Lipinski definition) is 0. The zero-order valence-corrected chi connectivity index (χ0v) is 8.05. The summed E-state index contributed by atoms with van der Waals surface area (Å²) >= 11 is 0. The molecule has 0 saturated heterocycles. The summed E-state index contributed by atoms with van der Waals surface area (Å²) < 4.78 is 0. The zero-order valence-electron chi connectivity index (χ0n) is 8.05. The van der Waals surface area contributed by atoms with Crippen molar-refractivity contribution in [1.29, 1.82) is 0 Å². The summed E-state index contributed by atoms with van der Waals surface area (Å²) in [5.41, 5.74) is 0. The summed E-state index contributed by atoms with van der Waals surface area (Å²) in [6, 6.07) is 0.525. The van der Waals surface area contributed by atoms with Crippen LogP contribution in [-0.4, -0.2) is 30.8 Å². The molecule has 0 aromatic carbocycles. The third-order valence-electron chi connectivity index (χ3n) is 1.95. The van der Waals surface area contributed by atoms with Crippen LogP contribution in [0.25, 0.3) is 0 Å². The lowest BCUT2D eigenvalue weighted by molar-refractivity contribution is -0.117. The molecule has 1 rings (SSSR count). The molecule has 0 aromatic heterocycles. The molecule has 1 aliphatic carbocycles. The molecular weight excluding hydrogens is 138 g/mol. The Morgan fingerprint density at radius 2 is 1.91 bits per heavy atom. The van der Waals surface area contributed by atoms with Crippen molar-refractivity contribution in [3.8, 4) is 0 Å². The lowest BCUT2D eigenvalue weighted by atomic mass is 10.2. The molecule has 0 N–H and O–H groups in total. The smallest absolute Gasteiger partial charge is 0.134 e. The van der Waals surface area contributed by atoms with Crippen LogP contribution in [0, 0.1) is 0 Å². The van der Waals surface area contributed by atoms with Crippen LogP contribution in [-0.2, 0) is 4.79 Å². The van der Waals surface area contributed by atoms with Gasteiger partial charge in [0.2, 0.25) is 0 Å². The molecule has 0 spiro atoms. The first-order chi connectivity index (χ1) is 5.20. The van der Waals surface area contributed by atoms with E-state index in [0.29, 0.717) is 11.8 Å². The van der Waals surface area contributed by atoms with Crippen LogP contribution >= 0.6 is 0 Å². The van der Waals surface area contributed by atoms with Crippen molar-refractivity contribution in [2.75, 3.05) is 14.1 Å². The maximum absolute atomic E-state index is 10.7. The number of carbonyl (C=O) groups excluding carboxylic acids is 1. The molecule has 1 aliphatic rings. The Morgan fingerprint density at radius 1 is 1.36 bits per heavy atom. The molecule has 1 saturated carbocycles. The maximum atomic E-state index is 10.7. The molecule has 1 fully saturated rings. The monoisotopic (exact) mass is 157 g/mol. The van der Waals surface area contributed by atoms with E-state index < -0.39 is 0 Å². The first-order valence-electron chi connectivity index (χ1n) is 4.38. The Bertz CT molecular complexity index is 121. The largest absolute Gasteiger partial charge is 0.306 e. The lowest BCUT2D eigenvalue weighted by Crippen LogP contribution is -2.24. The summed E-state index contributed by atoms with van der Waals surface area (Å²) in [5, 5.41) is 0. The van der Waals surface area contributed by atoms with E-state index in [1.165, 1.54) is 0 Å². The van der Waals surface area contributed by atoms with Gasteiger partial charge in [-0.1, -0.05) is 13.8 Å². The molecule has 0 heterocycles. The third-order valence-corrected chi connectivity index (χ3v) is 1.95. The van der Waals surface area contributed by atoms with Gasteiger partial charge < -0.3 is 4.90 Å². The zero-order chi connectivity index (χ0) is 8.85. The molecule has 0 aromatic rings. The lowest BCUT2D eigenvalue weighted by Gasteiger charge is -2.16. The fraction of sp³-hybridized carbons (Fsp3) is 0.889. The fourth-order valence-electron chi connectivity index (χ4n) is 1.24. The van der Waals surface area contributed by atoms with Gasteiger partial charge in [-0.05, 0) is 20.5 Å². The Balaban J connectivity index is 0.000000461. The van der Waals surface area contributed by atoms with Crippen molar-refractivity contribution < 1.29 is 4.79 Å². The van der Waals surface area contributed by atoms with Crippen LogP contribution in [0.3, 0.4) is 0 Å². The van der Waals surface area contributed by atoms with Crippen LogP contribution in [0.4, 0.5) is 0 Å². The molecule has 0 aliphatic heterocycles. The van der Waals surface area contributed by atoms with E-state index in [0.717, 1.165) is 19.3 Å². The molecule has 2 heteroatoms. The van der Waals surface area contributed by atoms with Crippen molar-refractivity contribution >= 4 is 5.78 Å². The van der Waals surface area contributed by atoms with E-state index in [-0.39, 0.29) is 0 Å². The number of nitrogens with zero attached hydrogens (tertiary/aromatic N) is 1. The second-order valence-corrected chi connectivity index (χ2v) is 2.90. The number of rotatable bonds is 1. The van der Waals surface area contributed by atoms with Crippen molar-refractivity contribution in [2.24, 2.45) is 0 Å². The average Bonchev–Trinajstić information content (AvgIpc) is 2.40. The van der Waals surface area contributed by atoms with E-state index in [4.69, 9.17) is 0 Å². The van der Waals surface area contributed by atoms with Crippen molar-refractivity contribution in [1.82, 2.24) is 4.90 Å². The summed E-state index contributed by atoms with van der Waals surface area (Å²) in [4.78, 5) is 12.9. The summed E-state index contributed by atoms with van der Waals surface area (Å²) in [5.74, 6) is 0.425. The van der Waals surface area contributed by atoms with Crippen LogP contribution in [0.2, 0.25) is 0 Å². The molecule has 1 atom stereocenters. The van der Waals surface area contributed by atoms with Crippen molar-refractivity contribution in [2.45, 2.75) is 39.2 Å². The highest BCUT2D eigenvalue weighted by Crippen LogP contribution is 2.17. The molecule has 0 radical (unpaired) electrons. The number of ketones is 1. The van der Waals surface area contributed by atoms with E-state index in [1.54, 1.807) is 0 Å². The number of Topliss-reactive ketones (excluding diaryl/α,β-unsaturated/α-hetero) is 1. The van der Waals surface area contributed by atoms with E-state index in [2.05, 4.69) is 4.90 Å². The minimum absolute atomic E-state index is 0.425. The van der Waals surface area contributed by atoms with Crippen molar-refractivity contribution in [3.63, 3.8) is 0 Å². The highest BCUT2D eigenvalue weighted by molar-refractivity contribution is 5.81. The molecule has 11 heavy (non-hydrogen) atoms. The second-order valence-electron chi connectivity index (χ2n) is 2.90. The maximum Gasteiger partial charge on any atom is 0.134 e. The first kappa shape index (κ1) is 10.6. The van der Waals surface area contributed by atoms with Crippen LogP contribution < -0.4 is 0 Å². The quantitative estimate of drug-likeness (QED) is 0.577. The highest BCUT2D eigenvalue weighted by Gasteiger charge is 2.22. The van der Waals surface area contributed by atoms with Crippen LogP contribution in [0.5, 0.6) is 0 Å². The summed E-state index contributed by atoms with van der Waals surface area (Å²) in [6.07, 6.45) is 2.63. The van der Waals surface area contributed by atoms with Gasteiger partial charge in [0, 0.05) is 18.9 Å². The Kier molecular flexibility index (Phi) is 5.12. The molecule has 0 bridgehead atoms. The molecule has 1 unspecified atom stereocenters. The Labute approximate surface area is 69.6 Å². The molecular formula is C9H19NO. The second kappa shape index (κ2) is 5.30. The molecule has 2 nitrogen and oxygen atoms in total. The summed E-state index contributed by atoms with van der Waals surface area (Å²) in [6.45, 7) is 4.00. The van der Waals surface area contributed by atoms with Gasteiger partial charge in [0.25, 0.3) is 0 Å². The van der Waals surface area contributed by atoms with Gasteiger partial charge in [0.1, 0.15) is 5.78 Å². The average molecular weight is 157 g/mol. The van der Waals surface area contributed by atoms with Crippen LogP contribution in [0.1, 0.15) is 33.1 Å². The van der Waals surface area contributed by atoms with E-state index in [9.17, 15) is 4.79 Å². The normalized spacial score (nSPS) is 23.4.